The van der Waals surface area contributed by atoms with Gasteiger partial charge in [-0.2, -0.15) is 0 Å². The van der Waals surface area contributed by atoms with Gasteiger partial charge in [0.25, 0.3) is 0 Å². The van der Waals surface area contributed by atoms with Crippen molar-refractivity contribution >= 4 is 44.8 Å². The van der Waals surface area contributed by atoms with Gasteiger partial charge < -0.3 is 0 Å². The second-order valence-corrected chi connectivity index (χ2v) is 19.4. The van der Waals surface area contributed by atoms with Crippen LogP contribution in [-0.2, 0) is 29.0 Å². The maximum absolute atomic E-state index is 13.9. The van der Waals surface area contributed by atoms with E-state index in [-0.39, 0.29) is 57.6 Å². The molecular formula is C52H76N2O6S. The molecule has 0 aromatic heterocycles. The number of carbonyl (C=O) groups excluding carboxylic acids is 4. The molecule has 0 N–H and O–H groups in total. The van der Waals surface area contributed by atoms with Crippen LogP contribution < -0.4 is 9.80 Å². The van der Waals surface area contributed by atoms with Crippen LogP contribution in [0, 0.1) is 11.8 Å². The van der Waals surface area contributed by atoms with E-state index in [1.54, 1.807) is 12.1 Å². The maximum Gasteiger partial charge on any atom is 0.241 e. The molecular weight excluding hydrogens is 781 g/mol. The number of sulfone groups is 1. The lowest BCUT2D eigenvalue weighted by atomic mass is 10.0. The lowest BCUT2D eigenvalue weighted by molar-refractivity contribution is -0.123. The molecule has 2 atom stereocenters. The van der Waals surface area contributed by atoms with Crippen LogP contribution in [-0.4, -0.2) is 32.0 Å². The van der Waals surface area contributed by atoms with E-state index in [1.807, 2.05) is 24.3 Å². The second-order valence-electron chi connectivity index (χ2n) is 17.5. The summed E-state index contributed by atoms with van der Waals surface area (Å²) in [6.07, 6.45) is 40.2. The van der Waals surface area contributed by atoms with E-state index in [0.29, 0.717) is 0 Å². The van der Waals surface area contributed by atoms with Crippen LogP contribution in [0.4, 0.5) is 11.4 Å². The number of hydrogen-bond acceptors (Lipinski definition) is 6. The van der Waals surface area contributed by atoms with Crippen molar-refractivity contribution in [3.05, 3.63) is 72.8 Å². The van der Waals surface area contributed by atoms with Gasteiger partial charge in [-0.25, -0.2) is 18.2 Å². The van der Waals surface area contributed by atoms with Crippen LogP contribution in [0.25, 0.3) is 0 Å². The van der Waals surface area contributed by atoms with Gasteiger partial charge in [0.05, 0.1) is 33.0 Å². The van der Waals surface area contributed by atoms with E-state index in [0.717, 1.165) is 48.3 Å². The van der Waals surface area contributed by atoms with E-state index in [1.165, 1.54) is 165 Å². The van der Waals surface area contributed by atoms with Crippen LogP contribution >= 0.6 is 0 Å². The highest BCUT2D eigenvalue weighted by Crippen LogP contribution is 2.34. The molecule has 4 amide bonds. The standard InChI is InChI=1S/C52H76N2O6S/c1-3-5-7-9-11-13-15-17-19-21-23-25-27-29-33-43-39-49(55)53(51(43)57)45-35-31-37-47(41-45)61(59,60)48-38-32-36-46(42-48)54-50(56)40-44(52(54)58)34-30-28-26-24-22-20-18-16-14-12-10-8-6-4-2/h29-38,41-44H,3-28,39-40H2,1-2H3. The molecule has 336 valence electrons. The van der Waals surface area contributed by atoms with Gasteiger partial charge in [0.2, 0.25) is 33.5 Å². The first-order valence-electron chi connectivity index (χ1n) is 24.2. The van der Waals surface area contributed by atoms with Crippen molar-refractivity contribution in [1.29, 1.82) is 0 Å². The summed E-state index contributed by atoms with van der Waals surface area (Å²) >= 11 is 0. The van der Waals surface area contributed by atoms with E-state index < -0.39 is 21.7 Å². The number of benzene rings is 2. The number of unbranched alkanes of at least 4 members (excludes halogenated alkanes) is 24. The minimum Gasteiger partial charge on any atom is -0.274 e. The quantitative estimate of drug-likeness (QED) is 0.0412. The number of nitrogens with zero attached hydrogens (tertiary/aromatic N) is 2. The summed E-state index contributed by atoms with van der Waals surface area (Å²) in [6.45, 7) is 4.50. The minimum absolute atomic E-state index is 0.0419. The summed E-state index contributed by atoms with van der Waals surface area (Å²) in [7, 11) is -4.14. The SMILES string of the molecule is CCCCCCCCCCCCCCC=CC1CC(=O)N(c2cccc(S(=O)(=O)c3cccc(N4C(=O)CC(C=CCCCCCCCCCCCCCC)C4=O)c3)c2)C1=O. The lowest BCUT2D eigenvalue weighted by Gasteiger charge is -2.17. The lowest BCUT2D eigenvalue weighted by Crippen LogP contribution is -2.30. The number of imide groups is 2. The van der Waals surface area contributed by atoms with E-state index >= 15 is 0 Å². The van der Waals surface area contributed by atoms with Crippen LogP contribution in [0.3, 0.4) is 0 Å². The Labute approximate surface area is 368 Å². The Morgan fingerprint density at radius 2 is 0.787 bits per heavy atom. The Bertz CT molecular complexity index is 1710. The van der Waals surface area contributed by atoms with Gasteiger partial charge in [0.15, 0.2) is 0 Å². The number of hydrogen-bond donors (Lipinski definition) is 0. The number of rotatable bonds is 32. The molecule has 2 saturated heterocycles. The number of anilines is 2. The van der Waals surface area contributed by atoms with Crippen LogP contribution in [0.1, 0.15) is 194 Å². The van der Waals surface area contributed by atoms with Crippen molar-refractivity contribution in [2.24, 2.45) is 11.8 Å². The van der Waals surface area contributed by atoms with E-state index in [4.69, 9.17) is 0 Å². The van der Waals surface area contributed by atoms with Crippen LogP contribution in [0.15, 0.2) is 82.6 Å². The number of amides is 4. The third-order valence-electron chi connectivity index (χ3n) is 12.3. The first-order chi connectivity index (χ1) is 29.7. The molecule has 0 radical (unpaired) electrons. The highest BCUT2D eigenvalue weighted by Gasteiger charge is 2.40. The van der Waals surface area contributed by atoms with Crippen molar-refractivity contribution in [3.63, 3.8) is 0 Å². The molecule has 2 heterocycles. The van der Waals surface area contributed by atoms with Crippen molar-refractivity contribution in [1.82, 2.24) is 0 Å². The molecule has 2 aliphatic heterocycles. The largest absolute Gasteiger partial charge is 0.274 e. The highest BCUT2D eigenvalue weighted by atomic mass is 32.2. The Hall–Kier alpha value is -3.85. The number of carbonyl (C=O) groups is 4. The molecule has 61 heavy (non-hydrogen) atoms. The molecule has 8 nitrogen and oxygen atoms in total. The normalized spacial score (nSPS) is 17.3. The molecule has 4 rings (SSSR count). The molecule has 2 aromatic carbocycles. The zero-order valence-corrected chi connectivity index (χ0v) is 38.5. The van der Waals surface area contributed by atoms with Crippen molar-refractivity contribution in [2.75, 3.05) is 9.80 Å². The fourth-order valence-corrected chi connectivity index (χ4v) is 9.94. The molecule has 2 unspecified atom stereocenters. The molecule has 2 fully saturated rings. The first-order valence-corrected chi connectivity index (χ1v) is 25.7. The Morgan fingerprint density at radius 3 is 1.11 bits per heavy atom. The smallest absolute Gasteiger partial charge is 0.241 e. The van der Waals surface area contributed by atoms with Crippen LogP contribution in [0.2, 0.25) is 0 Å². The summed E-state index contributed by atoms with van der Waals surface area (Å²) in [4.78, 5) is 55.0. The average Bonchev–Trinajstić information content (AvgIpc) is 3.71. The van der Waals surface area contributed by atoms with Gasteiger partial charge in [0.1, 0.15) is 0 Å². The maximum atomic E-state index is 13.9. The van der Waals surface area contributed by atoms with Crippen molar-refractivity contribution in [2.45, 2.75) is 203 Å². The molecule has 2 aliphatic rings. The van der Waals surface area contributed by atoms with Gasteiger partial charge in [-0.15, -0.1) is 0 Å². The van der Waals surface area contributed by atoms with Gasteiger partial charge in [-0.3, -0.25) is 19.2 Å². The Balaban J connectivity index is 1.22. The Kier molecular flexibility index (Phi) is 22.8. The summed E-state index contributed by atoms with van der Waals surface area (Å²) in [5.74, 6) is -2.63. The van der Waals surface area contributed by atoms with E-state index in [9.17, 15) is 27.6 Å². The van der Waals surface area contributed by atoms with Crippen molar-refractivity contribution < 1.29 is 27.6 Å². The molecule has 2 aromatic rings. The predicted octanol–water partition coefficient (Wildman–Crippen LogP) is 13.6. The van der Waals surface area contributed by atoms with Gasteiger partial charge in [0, 0.05) is 12.8 Å². The molecule has 0 aliphatic carbocycles. The fourth-order valence-electron chi connectivity index (χ4n) is 8.60. The second kappa shape index (κ2) is 28.0. The monoisotopic (exact) mass is 857 g/mol. The Morgan fingerprint density at radius 1 is 0.475 bits per heavy atom. The van der Waals surface area contributed by atoms with Gasteiger partial charge in [-0.1, -0.05) is 192 Å². The highest BCUT2D eigenvalue weighted by molar-refractivity contribution is 7.91. The topological polar surface area (TPSA) is 109 Å². The first kappa shape index (κ1) is 49.8. The van der Waals surface area contributed by atoms with E-state index in [2.05, 4.69) is 13.8 Å². The average molecular weight is 857 g/mol. The summed E-state index contributed by atoms with van der Waals surface area (Å²) in [6, 6.07) is 11.7. The minimum atomic E-state index is -4.14. The van der Waals surface area contributed by atoms with Crippen LogP contribution in [0.5, 0.6) is 0 Å². The van der Waals surface area contributed by atoms with Crippen molar-refractivity contribution in [3.8, 4) is 0 Å². The summed E-state index contributed by atoms with van der Waals surface area (Å²) < 4.78 is 27.9. The number of allylic oxidation sites excluding steroid dienone is 2. The predicted molar refractivity (Wildman–Crippen MR) is 249 cm³/mol. The molecule has 0 spiro atoms. The molecule has 9 heteroatoms. The van der Waals surface area contributed by atoms with Gasteiger partial charge >= 0.3 is 0 Å². The zero-order valence-electron chi connectivity index (χ0n) is 37.6. The summed E-state index contributed by atoms with van der Waals surface area (Å²) in [5, 5.41) is 0. The third-order valence-corrected chi connectivity index (χ3v) is 14.1. The zero-order chi connectivity index (χ0) is 43.7. The summed E-state index contributed by atoms with van der Waals surface area (Å²) in [5.41, 5.74) is 0.402. The fraction of sp³-hybridized carbons (Fsp3) is 0.615. The molecule has 0 bridgehead atoms. The van der Waals surface area contributed by atoms with Gasteiger partial charge in [-0.05, 0) is 62.1 Å². The molecule has 0 saturated carbocycles. The third kappa shape index (κ3) is 16.4.